The highest BCUT2D eigenvalue weighted by molar-refractivity contribution is 7.91. The fraction of sp³-hybridized carbons (Fsp3) is 0.467. The molecule has 2 nitrogen and oxygen atoms in total. The minimum absolute atomic E-state index is 0.0860. The molecule has 0 unspecified atom stereocenters. The first-order valence-corrected chi connectivity index (χ1v) is 7.97. The lowest BCUT2D eigenvalue weighted by molar-refractivity contribution is 0.596. The first-order valence-electron chi connectivity index (χ1n) is 6.32. The van der Waals surface area contributed by atoms with Crippen LogP contribution >= 0.6 is 0 Å². The summed E-state index contributed by atoms with van der Waals surface area (Å²) in [6, 6.07) is 8.62. The van der Waals surface area contributed by atoms with Crippen LogP contribution in [0.15, 0.2) is 46.9 Å². The van der Waals surface area contributed by atoms with E-state index in [1.54, 1.807) is 24.3 Å². The Kier molecular flexibility index (Phi) is 5.15. The minimum atomic E-state index is -3.20. The van der Waals surface area contributed by atoms with Gasteiger partial charge in [0.05, 0.1) is 10.6 Å². The first-order chi connectivity index (χ1) is 8.34. The van der Waals surface area contributed by atoms with Gasteiger partial charge in [0.25, 0.3) is 0 Å². The zero-order valence-electron chi connectivity index (χ0n) is 11.6. The fourth-order valence-electron chi connectivity index (χ4n) is 2.07. The molecule has 0 amide bonds. The largest absolute Gasteiger partial charge is 0.223 e. The van der Waals surface area contributed by atoms with E-state index in [9.17, 15) is 8.42 Å². The normalized spacial score (nSPS) is 11.9. The fourth-order valence-corrected chi connectivity index (χ4v) is 3.24. The van der Waals surface area contributed by atoms with Crippen molar-refractivity contribution in [2.75, 3.05) is 5.75 Å². The molecule has 0 aliphatic carbocycles. The number of hydrogen-bond acceptors (Lipinski definition) is 2. The Morgan fingerprint density at radius 2 is 1.56 bits per heavy atom. The Labute approximate surface area is 111 Å². The van der Waals surface area contributed by atoms with Crippen molar-refractivity contribution in [1.29, 1.82) is 0 Å². The second kappa shape index (κ2) is 6.19. The summed E-state index contributed by atoms with van der Waals surface area (Å²) in [6.45, 7) is 8.39. The number of hydrogen-bond donors (Lipinski definition) is 0. The van der Waals surface area contributed by atoms with Crippen molar-refractivity contribution in [2.45, 2.75) is 32.6 Å². The molecular weight excluding hydrogens is 244 g/mol. The monoisotopic (exact) mass is 266 g/mol. The van der Waals surface area contributed by atoms with Gasteiger partial charge in [-0.05, 0) is 24.0 Å². The highest BCUT2D eigenvalue weighted by Crippen LogP contribution is 2.20. The van der Waals surface area contributed by atoms with E-state index in [1.165, 1.54) is 5.57 Å². The molecule has 0 spiro atoms. The second-order valence-corrected chi connectivity index (χ2v) is 7.14. The van der Waals surface area contributed by atoms with Gasteiger partial charge in [0.1, 0.15) is 0 Å². The molecule has 18 heavy (non-hydrogen) atoms. The van der Waals surface area contributed by atoms with Crippen molar-refractivity contribution in [3.63, 3.8) is 0 Å². The van der Waals surface area contributed by atoms with Crippen molar-refractivity contribution in [3.05, 3.63) is 42.0 Å². The lowest BCUT2D eigenvalue weighted by atomic mass is 9.93. The maximum absolute atomic E-state index is 12.1. The second-order valence-electron chi connectivity index (χ2n) is 5.11. The van der Waals surface area contributed by atoms with Crippen molar-refractivity contribution >= 4 is 9.84 Å². The molecule has 0 saturated heterocycles. The molecule has 0 heterocycles. The van der Waals surface area contributed by atoms with Crippen LogP contribution in [0.5, 0.6) is 0 Å². The van der Waals surface area contributed by atoms with Crippen LogP contribution in [0.25, 0.3) is 0 Å². The van der Waals surface area contributed by atoms with Gasteiger partial charge in [-0.2, -0.15) is 0 Å². The van der Waals surface area contributed by atoms with Crippen LogP contribution in [0.2, 0.25) is 0 Å². The molecule has 0 aliphatic rings. The lowest BCUT2D eigenvalue weighted by Crippen LogP contribution is -2.09. The quantitative estimate of drug-likeness (QED) is 0.762. The van der Waals surface area contributed by atoms with E-state index in [2.05, 4.69) is 27.7 Å². The number of allylic oxidation sites excluding steroid dienone is 1. The van der Waals surface area contributed by atoms with Crippen molar-refractivity contribution in [3.8, 4) is 0 Å². The van der Waals surface area contributed by atoms with Gasteiger partial charge >= 0.3 is 0 Å². The summed E-state index contributed by atoms with van der Waals surface area (Å²) in [4.78, 5) is 0.396. The van der Waals surface area contributed by atoms with Crippen molar-refractivity contribution in [2.24, 2.45) is 11.8 Å². The molecule has 0 saturated carbocycles. The van der Waals surface area contributed by atoms with Crippen LogP contribution in [0, 0.1) is 11.8 Å². The summed E-state index contributed by atoms with van der Waals surface area (Å²) in [5.74, 6) is 0.856. The third kappa shape index (κ3) is 3.98. The van der Waals surface area contributed by atoms with Gasteiger partial charge in [-0.15, -0.1) is 0 Å². The molecule has 0 N–H and O–H groups in total. The van der Waals surface area contributed by atoms with Crippen LogP contribution in [-0.4, -0.2) is 14.2 Å². The Balaban J connectivity index is 2.94. The van der Waals surface area contributed by atoms with E-state index in [0.717, 1.165) is 0 Å². The molecule has 100 valence electrons. The molecule has 1 aromatic carbocycles. The topological polar surface area (TPSA) is 34.1 Å². The summed E-state index contributed by atoms with van der Waals surface area (Å²) in [6.07, 6.45) is 1.87. The molecule has 0 aliphatic heterocycles. The van der Waals surface area contributed by atoms with Gasteiger partial charge in [0.2, 0.25) is 0 Å². The average Bonchev–Trinajstić information content (AvgIpc) is 2.29. The van der Waals surface area contributed by atoms with Crippen LogP contribution in [-0.2, 0) is 9.84 Å². The molecule has 0 bridgehead atoms. The summed E-state index contributed by atoms with van der Waals surface area (Å²) in [5, 5.41) is 0. The maximum Gasteiger partial charge on any atom is 0.181 e. The van der Waals surface area contributed by atoms with Gasteiger partial charge in [-0.3, -0.25) is 0 Å². The average molecular weight is 266 g/mol. The Morgan fingerprint density at radius 3 is 2.00 bits per heavy atom. The molecule has 1 rings (SSSR count). The van der Waals surface area contributed by atoms with E-state index < -0.39 is 9.84 Å². The van der Waals surface area contributed by atoms with E-state index >= 15 is 0 Å². The predicted molar refractivity (Wildman–Crippen MR) is 76.3 cm³/mol. The molecular formula is C15H22O2S. The molecule has 3 heteroatoms. The zero-order chi connectivity index (χ0) is 13.8. The standard InChI is InChI=1S/C15H22O2S/c1-12(2)15(13(3)4)10-11-18(16,17)14-8-6-5-7-9-14/h5-10,12-13H,11H2,1-4H3. The third-order valence-electron chi connectivity index (χ3n) is 2.97. The van der Waals surface area contributed by atoms with E-state index in [1.807, 2.05) is 12.1 Å². The molecule has 0 atom stereocenters. The van der Waals surface area contributed by atoms with Crippen LogP contribution in [0.1, 0.15) is 27.7 Å². The van der Waals surface area contributed by atoms with Crippen LogP contribution < -0.4 is 0 Å². The van der Waals surface area contributed by atoms with Crippen LogP contribution in [0.3, 0.4) is 0 Å². The summed E-state index contributed by atoms with van der Waals surface area (Å²) in [7, 11) is -3.20. The molecule has 0 radical (unpaired) electrons. The third-order valence-corrected chi connectivity index (χ3v) is 4.57. The summed E-state index contributed by atoms with van der Waals surface area (Å²) < 4.78 is 24.3. The number of sulfone groups is 1. The molecule has 0 fully saturated rings. The number of rotatable bonds is 5. The van der Waals surface area contributed by atoms with Crippen molar-refractivity contribution in [1.82, 2.24) is 0 Å². The van der Waals surface area contributed by atoms with Gasteiger partial charge in [0, 0.05) is 0 Å². The minimum Gasteiger partial charge on any atom is -0.223 e. The van der Waals surface area contributed by atoms with Crippen LogP contribution in [0.4, 0.5) is 0 Å². The lowest BCUT2D eigenvalue weighted by Gasteiger charge is -2.15. The van der Waals surface area contributed by atoms with E-state index in [0.29, 0.717) is 16.7 Å². The number of benzene rings is 1. The highest BCUT2D eigenvalue weighted by Gasteiger charge is 2.14. The van der Waals surface area contributed by atoms with Gasteiger partial charge in [0.15, 0.2) is 9.84 Å². The smallest absolute Gasteiger partial charge is 0.181 e. The van der Waals surface area contributed by atoms with E-state index in [-0.39, 0.29) is 5.75 Å². The zero-order valence-corrected chi connectivity index (χ0v) is 12.4. The van der Waals surface area contributed by atoms with E-state index in [4.69, 9.17) is 0 Å². The highest BCUT2D eigenvalue weighted by atomic mass is 32.2. The van der Waals surface area contributed by atoms with Gasteiger partial charge in [-0.1, -0.05) is 57.5 Å². The Hall–Kier alpha value is -1.09. The first kappa shape index (κ1) is 15.0. The summed E-state index contributed by atoms with van der Waals surface area (Å²) in [5.41, 5.74) is 1.20. The Morgan fingerprint density at radius 1 is 1.06 bits per heavy atom. The SMILES string of the molecule is CC(C)C(=CCS(=O)(=O)c1ccccc1)C(C)C. The van der Waals surface area contributed by atoms with Crippen molar-refractivity contribution < 1.29 is 8.42 Å². The predicted octanol–water partition coefficient (Wildman–Crippen LogP) is 3.70. The molecule has 1 aromatic rings. The van der Waals surface area contributed by atoms with Gasteiger partial charge < -0.3 is 0 Å². The summed E-state index contributed by atoms with van der Waals surface area (Å²) >= 11 is 0. The maximum atomic E-state index is 12.1. The molecule has 0 aromatic heterocycles. The Bertz CT molecular complexity index is 487. The van der Waals surface area contributed by atoms with Gasteiger partial charge in [-0.25, -0.2) is 8.42 Å².